The normalized spacial score (nSPS) is 18.2. The molecule has 214 valence electrons. The Hall–Kier alpha value is -4.22. The lowest BCUT2D eigenvalue weighted by Gasteiger charge is -2.40. The molecule has 2 N–H and O–H groups in total. The predicted octanol–water partition coefficient (Wildman–Crippen LogP) is 2.99. The van der Waals surface area contributed by atoms with E-state index >= 15 is 0 Å². The molecule has 2 aromatic carbocycles. The van der Waals surface area contributed by atoms with Crippen molar-refractivity contribution in [3.8, 4) is 5.75 Å². The maximum atomic E-state index is 13.5. The summed E-state index contributed by atoms with van der Waals surface area (Å²) >= 11 is 0. The third-order valence-corrected chi connectivity index (χ3v) is 8.20. The molecule has 6 rings (SSSR count). The Balaban J connectivity index is 1.17. The van der Waals surface area contributed by atoms with E-state index in [1.54, 1.807) is 39.3 Å². The van der Waals surface area contributed by atoms with E-state index in [9.17, 15) is 14.7 Å². The molecule has 4 aromatic rings. The molecule has 2 aromatic heterocycles. The van der Waals surface area contributed by atoms with Crippen LogP contribution in [-0.2, 0) is 13.5 Å². The summed E-state index contributed by atoms with van der Waals surface area (Å²) in [6, 6.07) is 11.2. The molecule has 11 nitrogen and oxygen atoms in total. The topological polar surface area (TPSA) is 126 Å². The van der Waals surface area contributed by atoms with Gasteiger partial charge in [-0.25, -0.2) is 14.8 Å². The van der Waals surface area contributed by atoms with Gasteiger partial charge in [0.05, 0.1) is 12.6 Å². The number of hydrogen-bond acceptors (Lipinski definition) is 10. The largest absolute Gasteiger partial charge is 0.497 e. The number of anilines is 2. The summed E-state index contributed by atoms with van der Waals surface area (Å²) in [5.74, 6) is 1.31. The summed E-state index contributed by atoms with van der Waals surface area (Å²) < 4.78 is 12.1. The molecule has 0 saturated carbocycles. The number of aromatic nitrogens is 3. The number of nitrogens with one attached hydrogen (secondary N) is 1. The van der Waals surface area contributed by atoms with Crippen molar-refractivity contribution in [1.29, 1.82) is 0 Å². The number of aliphatic hydroxyl groups is 1. The zero-order valence-electron chi connectivity index (χ0n) is 23.7. The predicted molar refractivity (Wildman–Crippen MR) is 155 cm³/mol. The number of hydrogen-bond donors (Lipinski definition) is 2. The van der Waals surface area contributed by atoms with E-state index < -0.39 is 12.1 Å². The molecule has 0 bridgehead atoms. The SMILES string of the molecule is COc1ccc2c(c1)CCN(C1CCN(c3cc(C(=O)c4cc(C)c5c(c4)oc(=O)n5C)nc(C)n3)CC1)C(O)N2. The van der Waals surface area contributed by atoms with Crippen molar-refractivity contribution in [1.82, 2.24) is 19.4 Å². The van der Waals surface area contributed by atoms with Crippen LogP contribution in [0.3, 0.4) is 0 Å². The minimum atomic E-state index is -0.776. The van der Waals surface area contributed by atoms with Crippen LogP contribution in [0.1, 0.15) is 45.8 Å². The summed E-state index contributed by atoms with van der Waals surface area (Å²) in [6.07, 6.45) is 1.72. The summed E-state index contributed by atoms with van der Waals surface area (Å²) in [5, 5.41) is 14.2. The Bertz CT molecular complexity index is 1690. The molecule has 0 aliphatic carbocycles. The van der Waals surface area contributed by atoms with E-state index in [2.05, 4.69) is 25.1 Å². The molecule has 1 atom stereocenters. The second-order valence-corrected chi connectivity index (χ2v) is 10.8. The number of nitrogens with zero attached hydrogens (tertiary/aromatic N) is 5. The number of benzene rings is 2. The van der Waals surface area contributed by atoms with Gasteiger partial charge in [-0.15, -0.1) is 0 Å². The number of rotatable bonds is 5. The number of fused-ring (bicyclic) bond motifs is 2. The minimum absolute atomic E-state index is 0.198. The average molecular weight is 559 g/mol. The quantitative estimate of drug-likeness (QED) is 0.353. The van der Waals surface area contributed by atoms with Crippen LogP contribution in [0.5, 0.6) is 5.75 Å². The van der Waals surface area contributed by atoms with Crippen LogP contribution >= 0.6 is 0 Å². The molecule has 0 amide bonds. The minimum Gasteiger partial charge on any atom is -0.497 e. The van der Waals surface area contributed by atoms with Gasteiger partial charge in [0.15, 0.2) is 11.9 Å². The van der Waals surface area contributed by atoms with E-state index in [4.69, 9.17) is 9.15 Å². The molecule has 2 aliphatic rings. The molecule has 1 saturated heterocycles. The van der Waals surface area contributed by atoms with Crippen molar-refractivity contribution >= 4 is 28.4 Å². The molecular weight excluding hydrogens is 524 g/mol. The molecule has 0 radical (unpaired) electrons. The van der Waals surface area contributed by atoms with Crippen LogP contribution in [0.2, 0.25) is 0 Å². The average Bonchev–Trinajstić information content (AvgIpc) is 3.15. The van der Waals surface area contributed by atoms with Crippen LogP contribution in [0, 0.1) is 13.8 Å². The number of ether oxygens (including phenoxy) is 1. The third kappa shape index (κ3) is 5.07. The third-order valence-electron chi connectivity index (χ3n) is 8.20. The van der Waals surface area contributed by atoms with Crippen molar-refractivity contribution in [2.24, 2.45) is 7.05 Å². The van der Waals surface area contributed by atoms with E-state index in [-0.39, 0.29) is 11.8 Å². The highest BCUT2D eigenvalue weighted by atomic mass is 16.5. The van der Waals surface area contributed by atoms with Gasteiger partial charge in [0.1, 0.15) is 23.1 Å². The molecule has 1 fully saturated rings. The van der Waals surface area contributed by atoms with Gasteiger partial charge in [0.25, 0.3) is 0 Å². The molecule has 4 heterocycles. The first-order valence-electron chi connectivity index (χ1n) is 13.8. The van der Waals surface area contributed by atoms with Crippen LogP contribution in [0.4, 0.5) is 11.5 Å². The fourth-order valence-corrected chi connectivity index (χ4v) is 6.07. The highest BCUT2D eigenvalue weighted by Gasteiger charge is 2.31. The maximum Gasteiger partial charge on any atom is 0.419 e. The second kappa shape index (κ2) is 10.6. The second-order valence-electron chi connectivity index (χ2n) is 10.8. The molecule has 11 heteroatoms. The Labute approximate surface area is 237 Å². The number of methoxy groups -OCH3 is 1. The van der Waals surface area contributed by atoms with Crippen molar-refractivity contribution in [2.75, 3.05) is 37.0 Å². The van der Waals surface area contributed by atoms with E-state index in [1.807, 2.05) is 25.1 Å². The number of carbonyl (C=O) groups is 1. The van der Waals surface area contributed by atoms with Gasteiger partial charge >= 0.3 is 5.76 Å². The Kier molecular flexibility index (Phi) is 7.00. The first-order valence-corrected chi connectivity index (χ1v) is 13.8. The summed E-state index contributed by atoms with van der Waals surface area (Å²) in [6.45, 7) is 5.83. The van der Waals surface area contributed by atoms with Crippen molar-refractivity contribution < 1.29 is 19.1 Å². The lowest BCUT2D eigenvalue weighted by Crippen LogP contribution is -2.51. The van der Waals surface area contributed by atoms with Gasteiger partial charge in [-0.3, -0.25) is 14.3 Å². The van der Waals surface area contributed by atoms with E-state index in [0.717, 1.165) is 61.5 Å². The lowest BCUT2D eigenvalue weighted by atomic mass is 10.0. The summed E-state index contributed by atoms with van der Waals surface area (Å²) in [7, 11) is 3.30. The van der Waals surface area contributed by atoms with E-state index in [1.165, 1.54) is 4.57 Å². The van der Waals surface area contributed by atoms with Gasteiger partial charge < -0.3 is 24.5 Å². The van der Waals surface area contributed by atoms with Crippen LogP contribution in [-0.4, -0.2) is 69.5 Å². The van der Waals surface area contributed by atoms with Crippen LogP contribution in [0.15, 0.2) is 45.6 Å². The van der Waals surface area contributed by atoms with Crippen molar-refractivity contribution in [2.45, 2.75) is 45.5 Å². The van der Waals surface area contributed by atoms with Gasteiger partial charge in [-0.1, -0.05) is 0 Å². The van der Waals surface area contributed by atoms with Crippen molar-refractivity contribution in [3.63, 3.8) is 0 Å². The standard InChI is InChI=1S/C30H34N6O5/c1-17-13-20(15-25-27(17)34(3)30(39)41-25)28(37)24-16-26(32-18(2)31-24)35-10-8-21(9-11-35)36-12-7-19-14-22(40-4)5-6-23(19)33-29(36)38/h5-6,13-16,21,29,33,38H,7-12H2,1-4H3. The van der Waals surface area contributed by atoms with Gasteiger partial charge in [0.2, 0.25) is 5.78 Å². The molecular formula is C30H34N6O5. The molecule has 0 spiro atoms. The maximum absolute atomic E-state index is 13.5. The highest BCUT2D eigenvalue weighted by molar-refractivity contribution is 6.09. The van der Waals surface area contributed by atoms with E-state index in [0.29, 0.717) is 34.0 Å². The molecule has 41 heavy (non-hydrogen) atoms. The molecule has 1 unspecified atom stereocenters. The van der Waals surface area contributed by atoms with Crippen LogP contribution < -0.4 is 20.7 Å². The van der Waals surface area contributed by atoms with Gasteiger partial charge in [-0.05, 0) is 74.6 Å². The summed E-state index contributed by atoms with van der Waals surface area (Å²) in [5.41, 5.74) is 4.58. The molecule has 2 aliphatic heterocycles. The first-order chi connectivity index (χ1) is 19.7. The highest BCUT2D eigenvalue weighted by Crippen LogP contribution is 2.30. The Morgan fingerprint density at radius 1 is 1.10 bits per heavy atom. The zero-order valence-corrected chi connectivity index (χ0v) is 23.7. The fourth-order valence-electron chi connectivity index (χ4n) is 6.07. The number of aryl methyl sites for hydroxylation is 3. The lowest BCUT2D eigenvalue weighted by molar-refractivity contribution is -0.00888. The van der Waals surface area contributed by atoms with Gasteiger partial charge in [0, 0.05) is 50.0 Å². The number of piperidine rings is 1. The monoisotopic (exact) mass is 558 g/mol. The van der Waals surface area contributed by atoms with Crippen molar-refractivity contribution in [3.05, 3.63) is 75.2 Å². The van der Waals surface area contributed by atoms with Crippen LogP contribution in [0.25, 0.3) is 11.1 Å². The van der Waals surface area contributed by atoms with Gasteiger partial charge in [-0.2, -0.15) is 0 Å². The number of oxazole rings is 1. The fraction of sp³-hybridized carbons (Fsp3) is 0.400. The summed E-state index contributed by atoms with van der Waals surface area (Å²) in [4.78, 5) is 38.9. The number of ketones is 1. The number of aliphatic hydroxyl groups excluding tert-OH is 1. The number of carbonyl (C=O) groups excluding carboxylic acids is 1. The smallest absolute Gasteiger partial charge is 0.419 e. The Morgan fingerprint density at radius 2 is 1.88 bits per heavy atom. The first kappa shape index (κ1) is 27.0. The Morgan fingerprint density at radius 3 is 2.63 bits per heavy atom. The zero-order chi connectivity index (χ0) is 28.8.